The minimum atomic E-state index is -0.308. The highest BCUT2D eigenvalue weighted by atomic mass is 16.2. The summed E-state index contributed by atoms with van der Waals surface area (Å²) in [6.07, 6.45) is 5.89. The maximum Gasteiger partial charge on any atom is 0.266 e. The van der Waals surface area contributed by atoms with Gasteiger partial charge in [-0.05, 0) is 12.1 Å². The van der Waals surface area contributed by atoms with E-state index in [9.17, 15) is 4.79 Å². The number of carbonyl (C=O) groups excluding carboxylic acids is 1. The standard InChI is InChI=1S/C10H6N4O/c11-6-9-8(2-1-3-13-9)10(15)14-5-4-12-7-14/h1-5,7H. The Morgan fingerprint density at radius 1 is 1.47 bits per heavy atom. The highest BCUT2D eigenvalue weighted by molar-refractivity contribution is 5.97. The largest absolute Gasteiger partial charge is 0.272 e. The number of nitriles is 1. The lowest BCUT2D eigenvalue weighted by molar-refractivity contribution is 0.0959. The van der Waals surface area contributed by atoms with E-state index in [1.165, 1.54) is 29.5 Å². The lowest BCUT2D eigenvalue weighted by Crippen LogP contribution is -2.12. The van der Waals surface area contributed by atoms with Crippen LogP contribution in [0.4, 0.5) is 0 Å². The van der Waals surface area contributed by atoms with Crippen molar-refractivity contribution < 1.29 is 4.79 Å². The van der Waals surface area contributed by atoms with Crippen LogP contribution in [0.25, 0.3) is 0 Å². The van der Waals surface area contributed by atoms with E-state index in [1.54, 1.807) is 12.1 Å². The zero-order chi connectivity index (χ0) is 10.7. The summed E-state index contributed by atoms with van der Waals surface area (Å²) in [6.45, 7) is 0. The minimum Gasteiger partial charge on any atom is -0.272 e. The Morgan fingerprint density at radius 3 is 3.00 bits per heavy atom. The highest BCUT2D eigenvalue weighted by Crippen LogP contribution is 2.06. The number of aromatic nitrogens is 3. The molecular weight excluding hydrogens is 192 g/mol. The Balaban J connectivity index is 2.47. The zero-order valence-electron chi connectivity index (χ0n) is 7.66. The summed E-state index contributed by atoms with van der Waals surface area (Å²) in [4.78, 5) is 19.4. The summed E-state index contributed by atoms with van der Waals surface area (Å²) in [7, 11) is 0. The first-order chi connectivity index (χ1) is 7.33. The van der Waals surface area contributed by atoms with Crippen molar-refractivity contribution in [2.75, 3.05) is 0 Å². The molecule has 0 aromatic carbocycles. The van der Waals surface area contributed by atoms with Crippen molar-refractivity contribution in [3.05, 3.63) is 48.3 Å². The lowest BCUT2D eigenvalue weighted by Gasteiger charge is -2.01. The normalized spacial score (nSPS) is 9.53. The van der Waals surface area contributed by atoms with Gasteiger partial charge in [-0.2, -0.15) is 5.26 Å². The third kappa shape index (κ3) is 1.60. The van der Waals surface area contributed by atoms with E-state index < -0.39 is 0 Å². The molecule has 0 aliphatic rings. The number of hydrogen-bond acceptors (Lipinski definition) is 4. The quantitative estimate of drug-likeness (QED) is 0.680. The van der Waals surface area contributed by atoms with Crippen LogP contribution in [0.15, 0.2) is 37.1 Å². The molecule has 0 saturated carbocycles. The molecule has 0 aliphatic heterocycles. The van der Waals surface area contributed by atoms with Gasteiger partial charge in [-0.1, -0.05) is 0 Å². The smallest absolute Gasteiger partial charge is 0.266 e. The molecule has 72 valence electrons. The number of pyridine rings is 1. The molecule has 2 heterocycles. The van der Waals surface area contributed by atoms with Crippen molar-refractivity contribution in [2.24, 2.45) is 0 Å². The van der Waals surface area contributed by atoms with Crippen molar-refractivity contribution >= 4 is 5.91 Å². The second kappa shape index (κ2) is 3.72. The average Bonchev–Trinajstić information content (AvgIpc) is 2.81. The summed E-state index contributed by atoms with van der Waals surface area (Å²) in [5, 5.41) is 8.78. The average molecular weight is 198 g/mol. The van der Waals surface area contributed by atoms with Gasteiger partial charge in [-0.25, -0.2) is 9.97 Å². The van der Waals surface area contributed by atoms with Gasteiger partial charge < -0.3 is 0 Å². The summed E-state index contributed by atoms with van der Waals surface area (Å²) in [6, 6.07) is 5.05. The van der Waals surface area contributed by atoms with Gasteiger partial charge in [0.05, 0.1) is 5.56 Å². The molecule has 0 radical (unpaired) electrons. The van der Waals surface area contributed by atoms with E-state index in [1.807, 2.05) is 6.07 Å². The Bertz CT molecular complexity index is 525. The molecule has 5 nitrogen and oxygen atoms in total. The molecule has 0 atom stereocenters. The zero-order valence-corrected chi connectivity index (χ0v) is 7.66. The van der Waals surface area contributed by atoms with E-state index in [2.05, 4.69) is 9.97 Å². The number of carbonyl (C=O) groups is 1. The molecule has 0 unspecified atom stereocenters. The van der Waals surface area contributed by atoms with Gasteiger partial charge in [0, 0.05) is 18.6 Å². The number of hydrogen-bond donors (Lipinski definition) is 0. The van der Waals surface area contributed by atoms with Crippen LogP contribution in [-0.2, 0) is 0 Å². The van der Waals surface area contributed by atoms with Gasteiger partial charge in [0.2, 0.25) is 0 Å². The third-order valence-electron chi connectivity index (χ3n) is 1.88. The van der Waals surface area contributed by atoms with Crippen LogP contribution in [0.2, 0.25) is 0 Å². The molecule has 0 saturated heterocycles. The Hall–Kier alpha value is -2.48. The molecule has 0 spiro atoms. The molecule has 15 heavy (non-hydrogen) atoms. The van der Waals surface area contributed by atoms with E-state index in [4.69, 9.17) is 5.26 Å². The van der Waals surface area contributed by atoms with Gasteiger partial charge in [0.15, 0.2) is 5.69 Å². The molecule has 5 heteroatoms. The van der Waals surface area contributed by atoms with Gasteiger partial charge in [0.1, 0.15) is 12.4 Å². The van der Waals surface area contributed by atoms with Gasteiger partial charge in [0.25, 0.3) is 5.91 Å². The van der Waals surface area contributed by atoms with E-state index in [0.717, 1.165) is 0 Å². The van der Waals surface area contributed by atoms with Crippen molar-refractivity contribution in [2.45, 2.75) is 0 Å². The second-order valence-electron chi connectivity index (χ2n) is 2.79. The van der Waals surface area contributed by atoms with Gasteiger partial charge >= 0.3 is 0 Å². The minimum absolute atomic E-state index is 0.121. The first-order valence-corrected chi connectivity index (χ1v) is 4.20. The van der Waals surface area contributed by atoms with Crippen LogP contribution in [0.3, 0.4) is 0 Å². The van der Waals surface area contributed by atoms with E-state index in [0.29, 0.717) is 0 Å². The molecular formula is C10H6N4O. The number of rotatable bonds is 1. The summed E-state index contributed by atoms with van der Waals surface area (Å²) in [5.74, 6) is -0.308. The predicted octanol–water partition coefficient (Wildman–Crippen LogP) is 0.838. The number of nitrogens with zero attached hydrogens (tertiary/aromatic N) is 4. The topological polar surface area (TPSA) is 71.6 Å². The molecule has 0 bridgehead atoms. The van der Waals surface area contributed by atoms with Crippen molar-refractivity contribution in [3.8, 4) is 6.07 Å². The monoisotopic (exact) mass is 198 g/mol. The summed E-state index contributed by atoms with van der Waals surface area (Å²) < 4.78 is 1.30. The predicted molar refractivity (Wildman–Crippen MR) is 50.9 cm³/mol. The fourth-order valence-corrected chi connectivity index (χ4v) is 1.19. The van der Waals surface area contributed by atoms with Crippen LogP contribution in [0.5, 0.6) is 0 Å². The van der Waals surface area contributed by atoms with Gasteiger partial charge in [-0.15, -0.1) is 0 Å². The molecule has 0 N–H and O–H groups in total. The van der Waals surface area contributed by atoms with Crippen LogP contribution in [0.1, 0.15) is 16.1 Å². The first-order valence-electron chi connectivity index (χ1n) is 4.20. The molecule has 0 fully saturated rings. The van der Waals surface area contributed by atoms with Crippen LogP contribution in [-0.4, -0.2) is 20.4 Å². The van der Waals surface area contributed by atoms with Crippen LogP contribution >= 0.6 is 0 Å². The summed E-state index contributed by atoms with van der Waals surface area (Å²) in [5.41, 5.74) is 0.397. The van der Waals surface area contributed by atoms with Crippen molar-refractivity contribution in [1.82, 2.24) is 14.5 Å². The Labute approximate surface area is 85.6 Å². The molecule has 2 aromatic rings. The number of imidazole rings is 1. The van der Waals surface area contributed by atoms with Crippen LogP contribution in [0, 0.1) is 11.3 Å². The van der Waals surface area contributed by atoms with Crippen molar-refractivity contribution in [3.63, 3.8) is 0 Å². The fraction of sp³-hybridized carbons (Fsp3) is 0. The Morgan fingerprint density at radius 2 is 2.33 bits per heavy atom. The van der Waals surface area contributed by atoms with Crippen molar-refractivity contribution in [1.29, 1.82) is 5.26 Å². The van der Waals surface area contributed by atoms with E-state index in [-0.39, 0.29) is 17.2 Å². The second-order valence-corrected chi connectivity index (χ2v) is 2.79. The molecule has 2 rings (SSSR count). The molecule has 0 amide bonds. The SMILES string of the molecule is N#Cc1ncccc1C(=O)n1ccnc1. The molecule has 2 aromatic heterocycles. The third-order valence-corrected chi connectivity index (χ3v) is 1.88. The first kappa shape index (κ1) is 9.09. The van der Waals surface area contributed by atoms with E-state index >= 15 is 0 Å². The van der Waals surface area contributed by atoms with Crippen LogP contribution < -0.4 is 0 Å². The maximum atomic E-state index is 11.8. The molecule has 0 aliphatic carbocycles. The lowest BCUT2D eigenvalue weighted by atomic mass is 10.2. The Kier molecular flexibility index (Phi) is 2.25. The summed E-state index contributed by atoms with van der Waals surface area (Å²) >= 11 is 0. The fourth-order valence-electron chi connectivity index (χ4n) is 1.19. The highest BCUT2D eigenvalue weighted by Gasteiger charge is 2.12. The van der Waals surface area contributed by atoms with Gasteiger partial charge in [-0.3, -0.25) is 9.36 Å². The maximum absolute atomic E-state index is 11.8.